The van der Waals surface area contributed by atoms with Crippen LogP contribution >= 0.6 is 11.3 Å². The number of aromatic nitrogens is 1. The zero-order chi connectivity index (χ0) is 25.5. The average Bonchev–Trinajstić information content (AvgIpc) is 3.67. The summed E-state index contributed by atoms with van der Waals surface area (Å²) < 4.78 is 11.6. The maximum Gasteiger partial charge on any atom is 0.155 e. The molecule has 3 heterocycles. The van der Waals surface area contributed by atoms with Gasteiger partial charge in [-0.2, -0.15) is 0 Å². The fourth-order valence-electron chi connectivity index (χ4n) is 6.33. The molecule has 0 saturated carbocycles. The summed E-state index contributed by atoms with van der Waals surface area (Å²) >= 11 is 1.83. The van der Waals surface area contributed by atoms with E-state index < -0.39 is 0 Å². The first-order chi connectivity index (χ1) is 19.4. The van der Waals surface area contributed by atoms with Gasteiger partial charge in [-0.3, -0.25) is 0 Å². The van der Waals surface area contributed by atoms with Crippen molar-refractivity contribution in [2.45, 2.75) is 0 Å². The van der Waals surface area contributed by atoms with Crippen molar-refractivity contribution < 1.29 is 4.42 Å². The van der Waals surface area contributed by atoms with E-state index >= 15 is 0 Å². The zero-order valence-electron chi connectivity index (χ0n) is 20.9. The first-order valence-corrected chi connectivity index (χ1v) is 14.0. The highest BCUT2D eigenvalue weighted by Crippen LogP contribution is 2.50. The van der Waals surface area contributed by atoms with Gasteiger partial charge in [-0.15, -0.1) is 11.3 Å². The van der Waals surface area contributed by atoms with E-state index in [2.05, 4.69) is 132 Å². The van der Waals surface area contributed by atoms with E-state index in [1.807, 2.05) is 11.3 Å². The molecule has 0 aliphatic carbocycles. The molecule has 9 aromatic rings. The summed E-state index contributed by atoms with van der Waals surface area (Å²) in [6.45, 7) is 0. The third-order valence-electron chi connectivity index (χ3n) is 7.99. The van der Waals surface area contributed by atoms with Gasteiger partial charge in [0.2, 0.25) is 0 Å². The van der Waals surface area contributed by atoms with Crippen molar-refractivity contribution in [3.63, 3.8) is 0 Å². The molecule has 0 radical (unpaired) electrons. The van der Waals surface area contributed by atoms with Gasteiger partial charge in [0.25, 0.3) is 0 Å². The summed E-state index contributed by atoms with van der Waals surface area (Å²) in [5.74, 6) is 0. The summed E-state index contributed by atoms with van der Waals surface area (Å²) in [6.07, 6.45) is 0. The molecular weight excluding hydrogens is 494 g/mol. The highest BCUT2D eigenvalue weighted by Gasteiger charge is 2.25. The van der Waals surface area contributed by atoms with Gasteiger partial charge in [-0.25, -0.2) is 0 Å². The Bertz CT molecular complexity index is 2370. The molecule has 0 spiro atoms. The van der Waals surface area contributed by atoms with Crippen molar-refractivity contribution in [1.29, 1.82) is 0 Å². The van der Waals surface area contributed by atoms with Crippen LogP contribution in [0.25, 0.3) is 80.7 Å². The molecule has 0 aliphatic heterocycles. The Labute approximate surface area is 227 Å². The van der Waals surface area contributed by atoms with Crippen LogP contribution in [0, 0.1) is 0 Å². The average molecular weight is 516 g/mol. The lowest BCUT2D eigenvalue weighted by atomic mass is 10.0. The van der Waals surface area contributed by atoms with Gasteiger partial charge < -0.3 is 8.98 Å². The van der Waals surface area contributed by atoms with Gasteiger partial charge >= 0.3 is 0 Å². The zero-order valence-corrected chi connectivity index (χ0v) is 21.7. The molecule has 0 aliphatic rings. The SMILES string of the molecule is c1ccc(-c2ccc(-n3c4ccccc4c4c5c6ccccc6sc5c5oc6ccccc6c5c43)cc2)cc1. The van der Waals surface area contributed by atoms with Crippen LogP contribution < -0.4 is 0 Å². The van der Waals surface area contributed by atoms with Crippen LogP contribution in [0.5, 0.6) is 0 Å². The second-order valence-electron chi connectivity index (χ2n) is 10.1. The molecule has 0 amide bonds. The molecule has 2 nitrogen and oxygen atoms in total. The van der Waals surface area contributed by atoms with E-state index in [1.54, 1.807) is 0 Å². The fraction of sp³-hybridized carbons (Fsp3) is 0. The summed E-state index contributed by atoms with van der Waals surface area (Å²) in [7, 11) is 0. The van der Waals surface area contributed by atoms with Crippen molar-refractivity contribution in [2.24, 2.45) is 0 Å². The fourth-order valence-corrected chi connectivity index (χ4v) is 7.52. The maximum atomic E-state index is 6.66. The minimum Gasteiger partial charge on any atom is -0.454 e. The Balaban J connectivity index is 1.51. The number of benzene rings is 6. The van der Waals surface area contributed by atoms with E-state index in [1.165, 1.54) is 58.5 Å². The molecule has 6 aromatic carbocycles. The molecule has 9 rings (SSSR count). The molecule has 0 saturated heterocycles. The molecule has 0 N–H and O–H groups in total. The highest BCUT2D eigenvalue weighted by atomic mass is 32.1. The van der Waals surface area contributed by atoms with E-state index in [-0.39, 0.29) is 0 Å². The Morgan fingerprint density at radius 3 is 2.03 bits per heavy atom. The molecular formula is C36H21NOS. The van der Waals surface area contributed by atoms with Crippen LogP contribution in [0.4, 0.5) is 0 Å². The second kappa shape index (κ2) is 7.83. The lowest BCUT2D eigenvalue weighted by molar-refractivity contribution is 0.673. The Kier molecular flexibility index (Phi) is 4.24. The predicted molar refractivity (Wildman–Crippen MR) is 166 cm³/mol. The first kappa shape index (κ1) is 21.1. The molecule has 0 atom stereocenters. The number of furan rings is 1. The van der Waals surface area contributed by atoms with Crippen LogP contribution in [0.15, 0.2) is 132 Å². The predicted octanol–water partition coefficient (Wildman–Crippen LogP) is 10.7. The minimum atomic E-state index is 0.926. The Hall–Kier alpha value is -4.86. The second-order valence-corrected chi connectivity index (χ2v) is 11.1. The van der Waals surface area contributed by atoms with Crippen LogP contribution in [-0.2, 0) is 0 Å². The van der Waals surface area contributed by atoms with Crippen LogP contribution in [0.1, 0.15) is 0 Å². The first-order valence-electron chi connectivity index (χ1n) is 13.2. The van der Waals surface area contributed by atoms with Gasteiger partial charge in [-0.1, -0.05) is 97.1 Å². The van der Waals surface area contributed by atoms with Gasteiger partial charge in [-0.05, 0) is 41.5 Å². The smallest absolute Gasteiger partial charge is 0.155 e. The third kappa shape index (κ3) is 2.85. The number of fused-ring (bicyclic) bond motifs is 12. The standard InChI is InChI=1S/C36H21NOS/c1-2-10-22(11-3-1)23-18-20-24(21-19-23)37-28-15-7-4-12-25(28)31-32-27-14-6-9-17-30(27)39-36(32)35-33(34(31)37)26-13-5-8-16-29(26)38-35/h1-21H. The molecule has 182 valence electrons. The summed E-state index contributed by atoms with van der Waals surface area (Å²) in [4.78, 5) is 0. The van der Waals surface area contributed by atoms with Crippen molar-refractivity contribution in [2.75, 3.05) is 0 Å². The highest BCUT2D eigenvalue weighted by molar-refractivity contribution is 7.27. The third-order valence-corrected chi connectivity index (χ3v) is 9.16. The van der Waals surface area contributed by atoms with Crippen molar-refractivity contribution >= 4 is 75.3 Å². The monoisotopic (exact) mass is 515 g/mol. The number of thiophene rings is 1. The summed E-state index contributed by atoms with van der Waals surface area (Å²) in [6, 6.07) is 45.5. The van der Waals surface area contributed by atoms with Crippen LogP contribution in [0.3, 0.4) is 0 Å². The van der Waals surface area contributed by atoms with Gasteiger partial charge in [0, 0.05) is 37.3 Å². The Morgan fingerprint density at radius 1 is 0.513 bits per heavy atom. The number of hydrogen-bond donors (Lipinski definition) is 0. The van der Waals surface area contributed by atoms with Crippen LogP contribution in [0.2, 0.25) is 0 Å². The molecule has 39 heavy (non-hydrogen) atoms. The van der Waals surface area contributed by atoms with Crippen molar-refractivity contribution in [1.82, 2.24) is 4.57 Å². The molecule has 3 heteroatoms. The van der Waals surface area contributed by atoms with Crippen molar-refractivity contribution in [3.05, 3.63) is 127 Å². The number of hydrogen-bond acceptors (Lipinski definition) is 2. The topological polar surface area (TPSA) is 18.1 Å². The molecule has 3 aromatic heterocycles. The van der Waals surface area contributed by atoms with Crippen molar-refractivity contribution in [3.8, 4) is 16.8 Å². The number of nitrogens with zero attached hydrogens (tertiary/aromatic N) is 1. The van der Waals surface area contributed by atoms with Gasteiger partial charge in [0.05, 0.1) is 21.1 Å². The summed E-state index contributed by atoms with van der Waals surface area (Å²) in [5, 5.41) is 7.47. The minimum absolute atomic E-state index is 0.926. The normalized spacial score (nSPS) is 12.1. The van der Waals surface area contributed by atoms with Gasteiger partial charge in [0.1, 0.15) is 5.58 Å². The van der Waals surface area contributed by atoms with Gasteiger partial charge in [0.15, 0.2) is 5.58 Å². The number of para-hydroxylation sites is 2. The quantitative estimate of drug-likeness (QED) is 0.224. The summed E-state index contributed by atoms with van der Waals surface area (Å²) in [5.41, 5.74) is 7.89. The Morgan fingerprint density at radius 2 is 1.18 bits per heavy atom. The van der Waals surface area contributed by atoms with E-state index in [4.69, 9.17) is 4.42 Å². The lowest BCUT2D eigenvalue weighted by Crippen LogP contribution is -1.94. The van der Waals surface area contributed by atoms with Crippen LogP contribution in [-0.4, -0.2) is 4.57 Å². The maximum absolute atomic E-state index is 6.66. The van der Waals surface area contributed by atoms with E-state index in [0.29, 0.717) is 0 Å². The largest absolute Gasteiger partial charge is 0.454 e. The molecule has 0 unspecified atom stereocenters. The molecule has 0 fully saturated rings. The lowest BCUT2D eigenvalue weighted by Gasteiger charge is -2.10. The molecule has 0 bridgehead atoms. The van der Waals surface area contributed by atoms with E-state index in [0.717, 1.165) is 22.2 Å². The number of rotatable bonds is 2. The van der Waals surface area contributed by atoms with E-state index in [9.17, 15) is 0 Å².